The molecule has 12 heavy (non-hydrogen) atoms. The summed E-state index contributed by atoms with van der Waals surface area (Å²) in [6.45, 7) is 2.86. The fourth-order valence-electron chi connectivity index (χ4n) is 1.50. The van der Waals surface area contributed by atoms with E-state index >= 15 is 0 Å². The van der Waals surface area contributed by atoms with Crippen LogP contribution in [0.15, 0.2) is 24.3 Å². The van der Waals surface area contributed by atoms with Crippen LogP contribution in [0.3, 0.4) is 0 Å². The lowest BCUT2D eigenvalue weighted by Gasteiger charge is -2.15. The van der Waals surface area contributed by atoms with E-state index in [9.17, 15) is 0 Å². The van der Waals surface area contributed by atoms with Gasteiger partial charge in [0.05, 0.1) is 0 Å². The molecule has 1 aliphatic rings. The molecule has 1 aromatic carbocycles. The van der Waals surface area contributed by atoms with E-state index in [1.807, 2.05) is 6.08 Å². The zero-order valence-corrected chi connectivity index (χ0v) is 7.21. The minimum atomic E-state index is 0.712. The van der Waals surface area contributed by atoms with Crippen LogP contribution in [0.25, 0.3) is 6.08 Å². The average Bonchev–Trinajstić information content (AvgIpc) is 2.17. The van der Waals surface area contributed by atoms with Gasteiger partial charge in [-0.1, -0.05) is 31.2 Å². The molecule has 0 amide bonds. The number of ether oxygens (including phenoxy) is 1. The van der Waals surface area contributed by atoms with Crippen LogP contribution < -0.4 is 4.74 Å². The zero-order chi connectivity index (χ0) is 8.39. The fraction of sp³-hybridized carbons (Fsp3) is 0.273. The minimum absolute atomic E-state index is 0.712. The Kier molecular flexibility index (Phi) is 1.86. The van der Waals surface area contributed by atoms with Gasteiger partial charge in [-0.25, -0.2) is 0 Å². The topological polar surface area (TPSA) is 9.23 Å². The van der Waals surface area contributed by atoms with Gasteiger partial charge < -0.3 is 4.74 Å². The molecule has 2 rings (SSSR count). The summed E-state index contributed by atoms with van der Waals surface area (Å²) in [5.74, 6) is 1.07. The first-order valence-electron chi connectivity index (χ1n) is 4.33. The quantitative estimate of drug-likeness (QED) is 0.613. The third-order valence-corrected chi connectivity index (χ3v) is 2.13. The van der Waals surface area contributed by atoms with Crippen LogP contribution in [-0.4, -0.2) is 6.61 Å². The van der Waals surface area contributed by atoms with Crippen LogP contribution in [0.1, 0.15) is 18.1 Å². The molecule has 0 saturated carbocycles. The summed E-state index contributed by atoms with van der Waals surface area (Å²) in [4.78, 5) is 0. The second-order valence-corrected chi connectivity index (χ2v) is 2.90. The van der Waals surface area contributed by atoms with Gasteiger partial charge in [-0.05, 0) is 18.1 Å². The first-order valence-corrected chi connectivity index (χ1v) is 4.33. The smallest absolute Gasteiger partial charge is 0.130 e. The normalized spacial score (nSPS) is 13.8. The summed E-state index contributed by atoms with van der Waals surface area (Å²) in [6, 6.07) is 6.29. The van der Waals surface area contributed by atoms with Crippen molar-refractivity contribution in [3.8, 4) is 5.75 Å². The molecular weight excluding hydrogens is 148 g/mol. The molecule has 1 heteroatoms. The van der Waals surface area contributed by atoms with E-state index in [2.05, 4.69) is 31.2 Å². The van der Waals surface area contributed by atoms with Gasteiger partial charge >= 0.3 is 0 Å². The molecule has 1 aromatic rings. The molecule has 0 aliphatic carbocycles. The summed E-state index contributed by atoms with van der Waals surface area (Å²) >= 11 is 0. The summed E-state index contributed by atoms with van der Waals surface area (Å²) in [7, 11) is 0. The maximum atomic E-state index is 5.56. The maximum Gasteiger partial charge on any atom is 0.130 e. The van der Waals surface area contributed by atoms with E-state index < -0.39 is 0 Å². The Balaban J connectivity index is 2.53. The molecule has 0 aromatic heterocycles. The highest BCUT2D eigenvalue weighted by atomic mass is 16.5. The Morgan fingerprint density at radius 1 is 1.42 bits per heavy atom. The van der Waals surface area contributed by atoms with Crippen molar-refractivity contribution in [2.75, 3.05) is 6.61 Å². The average molecular weight is 160 g/mol. The third-order valence-electron chi connectivity index (χ3n) is 2.13. The Morgan fingerprint density at radius 2 is 2.33 bits per heavy atom. The van der Waals surface area contributed by atoms with E-state index in [-0.39, 0.29) is 0 Å². The van der Waals surface area contributed by atoms with Crippen molar-refractivity contribution >= 4 is 6.08 Å². The molecule has 0 unspecified atom stereocenters. The van der Waals surface area contributed by atoms with Crippen molar-refractivity contribution in [2.24, 2.45) is 0 Å². The van der Waals surface area contributed by atoms with Gasteiger partial charge in [-0.2, -0.15) is 0 Å². The van der Waals surface area contributed by atoms with Gasteiger partial charge in [-0.3, -0.25) is 0 Å². The van der Waals surface area contributed by atoms with Gasteiger partial charge in [0.25, 0.3) is 0 Å². The first kappa shape index (κ1) is 7.41. The van der Waals surface area contributed by atoms with Crippen molar-refractivity contribution in [2.45, 2.75) is 13.3 Å². The first-order chi connectivity index (χ1) is 5.92. The molecule has 0 saturated heterocycles. The van der Waals surface area contributed by atoms with Crippen LogP contribution in [0.4, 0.5) is 0 Å². The SMILES string of the molecule is CCc1cccc2c1OCC=C2. The molecule has 0 N–H and O–H groups in total. The molecule has 0 atom stereocenters. The summed E-state index contributed by atoms with van der Waals surface area (Å²) in [5, 5.41) is 0. The van der Waals surface area contributed by atoms with Gasteiger partial charge in [-0.15, -0.1) is 0 Å². The number of hydrogen-bond donors (Lipinski definition) is 0. The molecule has 0 spiro atoms. The number of rotatable bonds is 1. The Bertz CT molecular complexity index is 313. The van der Waals surface area contributed by atoms with Gasteiger partial charge in [0, 0.05) is 5.56 Å². The predicted octanol–water partition coefficient (Wildman–Crippen LogP) is 2.65. The van der Waals surface area contributed by atoms with Gasteiger partial charge in [0.1, 0.15) is 12.4 Å². The Labute approximate surface area is 72.7 Å². The second-order valence-electron chi connectivity index (χ2n) is 2.90. The monoisotopic (exact) mass is 160 g/mol. The molecule has 0 radical (unpaired) electrons. The van der Waals surface area contributed by atoms with Gasteiger partial charge in [0.2, 0.25) is 0 Å². The van der Waals surface area contributed by atoms with Crippen LogP contribution >= 0.6 is 0 Å². The lowest BCUT2D eigenvalue weighted by atomic mass is 10.1. The van der Waals surface area contributed by atoms with Crippen molar-refractivity contribution in [3.05, 3.63) is 35.4 Å². The number of aryl methyl sites for hydroxylation is 1. The third kappa shape index (κ3) is 1.11. The summed E-state index contributed by atoms with van der Waals surface area (Å²) in [6.07, 6.45) is 5.21. The number of para-hydroxylation sites is 1. The number of benzene rings is 1. The summed E-state index contributed by atoms with van der Waals surface area (Å²) in [5.41, 5.74) is 2.51. The predicted molar refractivity (Wildman–Crippen MR) is 50.3 cm³/mol. The van der Waals surface area contributed by atoms with Crippen molar-refractivity contribution < 1.29 is 4.74 Å². The maximum absolute atomic E-state index is 5.56. The van der Waals surface area contributed by atoms with E-state index in [4.69, 9.17) is 4.74 Å². The van der Waals surface area contributed by atoms with Crippen molar-refractivity contribution in [1.82, 2.24) is 0 Å². The lowest BCUT2D eigenvalue weighted by Crippen LogP contribution is -2.02. The van der Waals surface area contributed by atoms with Crippen LogP contribution in [-0.2, 0) is 6.42 Å². The van der Waals surface area contributed by atoms with Crippen LogP contribution in [0.5, 0.6) is 5.75 Å². The number of fused-ring (bicyclic) bond motifs is 1. The molecule has 1 heterocycles. The minimum Gasteiger partial charge on any atom is -0.489 e. The van der Waals surface area contributed by atoms with E-state index in [1.54, 1.807) is 0 Å². The largest absolute Gasteiger partial charge is 0.489 e. The molecule has 0 fully saturated rings. The van der Waals surface area contributed by atoms with Crippen molar-refractivity contribution in [1.29, 1.82) is 0 Å². The molecule has 62 valence electrons. The molecule has 1 aliphatic heterocycles. The Hall–Kier alpha value is -1.24. The lowest BCUT2D eigenvalue weighted by molar-refractivity contribution is 0.355. The Morgan fingerprint density at radius 3 is 3.17 bits per heavy atom. The highest BCUT2D eigenvalue weighted by Crippen LogP contribution is 2.27. The van der Waals surface area contributed by atoms with Crippen LogP contribution in [0.2, 0.25) is 0 Å². The summed E-state index contributed by atoms with van der Waals surface area (Å²) < 4.78 is 5.56. The second kappa shape index (κ2) is 3.02. The van der Waals surface area contributed by atoms with E-state index in [1.165, 1.54) is 11.1 Å². The van der Waals surface area contributed by atoms with Crippen LogP contribution in [0, 0.1) is 0 Å². The van der Waals surface area contributed by atoms with Crippen molar-refractivity contribution in [3.63, 3.8) is 0 Å². The zero-order valence-electron chi connectivity index (χ0n) is 7.21. The van der Waals surface area contributed by atoms with E-state index in [0.717, 1.165) is 12.2 Å². The standard InChI is InChI=1S/C11H12O/c1-2-9-5-3-6-10-7-4-8-12-11(9)10/h3-7H,2,8H2,1H3. The molecule has 1 nitrogen and oxygen atoms in total. The highest BCUT2D eigenvalue weighted by molar-refractivity contribution is 5.61. The fourth-order valence-corrected chi connectivity index (χ4v) is 1.50. The van der Waals surface area contributed by atoms with Gasteiger partial charge in [0.15, 0.2) is 0 Å². The molecular formula is C11H12O. The molecule has 0 bridgehead atoms. The number of hydrogen-bond acceptors (Lipinski definition) is 1. The van der Waals surface area contributed by atoms with E-state index in [0.29, 0.717) is 6.61 Å². The highest BCUT2D eigenvalue weighted by Gasteiger charge is 2.08.